The normalized spacial score (nSPS) is 22.1. The molecular weight excluding hydrogens is 727 g/mol. The molecule has 1 aliphatic carbocycles. The number of hydrogen-bond acceptors (Lipinski definition) is 6. The second-order valence-electron chi connectivity index (χ2n) is 12.1. The molecule has 0 amide bonds. The Balaban J connectivity index is 1.34. The van der Waals surface area contributed by atoms with Gasteiger partial charge in [0.25, 0.3) is 0 Å². The van der Waals surface area contributed by atoms with E-state index in [9.17, 15) is 0 Å². The molecular formula is C42H43IO6. The standard InChI is InChI=1S/C42H43IO6/c1-44-36-24-22-35(23-25-36)30-46-39-37(43)38(45-26-31-14-6-2-7-15-31)40(47-27-32-16-8-3-9-17-32)42(49-29-34-20-12-5-13-21-34)41(39)48-28-33-18-10-4-11-19-33/h2-25,37-42H,26-30H2,1H3/t37-,38-,39+,40+,41-,42-/m0/s1. The van der Waals surface area contributed by atoms with Crippen LogP contribution in [0.15, 0.2) is 146 Å². The summed E-state index contributed by atoms with van der Waals surface area (Å²) in [6.07, 6.45) is -2.13. The summed E-state index contributed by atoms with van der Waals surface area (Å²) in [6.45, 7) is 2.04. The average molecular weight is 771 g/mol. The van der Waals surface area contributed by atoms with Crippen LogP contribution < -0.4 is 4.74 Å². The molecule has 7 heteroatoms. The summed E-state index contributed by atoms with van der Waals surface area (Å²) < 4.78 is 39.5. The summed E-state index contributed by atoms with van der Waals surface area (Å²) in [6, 6.07) is 48.9. The van der Waals surface area contributed by atoms with Crippen molar-refractivity contribution in [2.45, 2.75) is 67.5 Å². The van der Waals surface area contributed by atoms with Crippen molar-refractivity contribution in [2.24, 2.45) is 0 Å². The van der Waals surface area contributed by atoms with Crippen molar-refractivity contribution in [2.75, 3.05) is 7.11 Å². The molecule has 5 aromatic carbocycles. The molecule has 6 rings (SSSR count). The number of methoxy groups -OCH3 is 1. The van der Waals surface area contributed by atoms with E-state index < -0.39 is 18.3 Å². The van der Waals surface area contributed by atoms with Crippen LogP contribution in [0.25, 0.3) is 0 Å². The molecule has 0 saturated heterocycles. The van der Waals surface area contributed by atoms with Crippen LogP contribution in [0.1, 0.15) is 27.8 Å². The van der Waals surface area contributed by atoms with Gasteiger partial charge in [0.05, 0.1) is 44.1 Å². The zero-order valence-electron chi connectivity index (χ0n) is 27.7. The summed E-state index contributed by atoms with van der Waals surface area (Å²) >= 11 is 2.48. The van der Waals surface area contributed by atoms with E-state index in [2.05, 4.69) is 71.1 Å². The molecule has 0 aliphatic heterocycles. The maximum absolute atomic E-state index is 6.88. The lowest BCUT2D eigenvalue weighted by molar-refractivity contribution is -0.245. The van der Waals surface area contributed by atoms with E-state index in [4.69, 9.17) is 28.4 Å². The zero-order valence-corrected chi connectivity index (χ0v) is 29.8. The first-order chi connectivity index (χ1) is 24.2. The minimum atomic E-state index is -0.500. The Morgan fingerprint density at radius 1 is 0.367 bits per heavy atom. The second kappa shape index (κ2) is 18.4. The molecule has 0 bridgehead atoms. The van der Waals surface area contributed by atoms with Gasteiger partial charge in [0.15, 0.2) is 0 Å². The molecule has 5 aromatic rings. The van der Waals surface area contributed by atoms with E-state index in [1.807, 2.05) is 97.1 Å². The van der Waals surface area contributed by atoms with Gasteiger partial charge in [0, 0.05) is 0 Å². The average Bonchev–Trinajstić information content (AvgIpc) is 3.16. The van der Waals surface area contributed by atoms with Crippen LogP contribution in [0.5, 0.6) is 5.75 Å². The molecule has 0 unspecified atom stereocenters. The topological polar surface area (TPSA) is 55.4 Å². The minimum absolute atomic E-state index is 0.127. The number of hydrogen-bond donors (Lipinski definition) is 0. The van der Waals surface area contributed by atoms with Gasteiger partial charge in [-0.05, 0) is 39.9 Å². The van der Waals surface area contributed by atoms with Gasteiger partial charge in [-0.2, -0.15) is 0 Å². The minimum Gasteiger partial charge on any atom is -0.497 e. The van der Waals surface area contributed by atoms with Gasteiger partial charge < -0.3 is 28.4 Å². The third-order valence-electron chi connectivity index (χ3n) is 8.67. The van der Waals surface area contributed by atoms with Gasteiger partial charge in [-0.1, -0.05) is 156 Å². The molecule has 49 heavy (non-hydrogen) atoms. The maximum atomic E-state index is 6.88. The Hall–Kier alpha value is -3.57. The largest absolute Gasteiger partial charge is 0.497 e. The highest BCUT2D eigenvalue weighted by atomic mass is 127. The summed E-state index contributed by atoms with van der Waals surface area (Å²) in [7, 11) is 1.67. The molecule has 0 heterocycles. The number of halogens is 1. The van der Waals surface area contributed by atoms with Crippen molar-refractivity contribution in [3.05, 3.63) is 173 Å². The van der Waals surface area contributed by atoms with Crippen LogP contribution >= 0.6 is 22.6 Å². The van der Waals surface area contributed by atoms with E-state index in [0.717, 1.165) is 33.6 Å². The molecule has 1 fully saturated rings. The Kier molecular flexibility index (Phi) is 13.3. The fourth-order valence-electron chi connectivity index (χ4n) is 6.03. The molecule has 6 atom stereocenters. The second-order valence-corrected chi connectivity index (χ2v) is 13.6. The Bertz CT molecular complexity index is 1640. The molecule has 0 radical (unpaired) electrons. The number of ether oxygens (including phenoxy) is 6. The van der Waals surface area contributed by atoms with Crippen molar-refractivity contribution < 1.29 is 28.4 Å². The van der Waals surface area contributed by atoms with Gasteiger partial charge in [0.2, 0.25) is 0 Å². The van der Waals surface area contributed by atoms with Crippen LogP contribution in [-0.2, 0) is 56.7 Å². The predicted molar refractivity (Wildman–Crippen MR) is 199 cm³/mol. The molecule has 0 aromatic heterocycles. The van der Waals surface area contributed by atoms with Crippen LogP contribution in [0, 0.1) is 0 Å². The first-order valence-electron chi connectivity index (χ1n) is 16.7. The van der Waals surface area contributed by atoms with Crippen LogP contribution in [0.4, 0.5) is 0 Å². The SMILES string of the molecule is COc1ccc(CO[C@@H]2[C@@H](I)[C@H](OCc3ccccc3)[C@@H](OCc3ccccc3)[C@H](OCc3ccccc3)[C@H]2OCc2ccccc2)cc1. The smallest absolute Gasteiger partial charge is 0.118 e. The van der Waals surface area contributed by atoms with Crippen LogP contribution in [0.2, 0.25) is 0 Å². The lowest BCUT2D eigenvalue weighted by atomic mass is 9.86. The quantitative estimate of drug-likeness (QED) is 0.0740. The Labute approximate surface area is 303 Å². The summed E-state index contributed by atoms with van der Waals surface area (Å²) in [5.41, 5.74) is 5.35. The summed E-state index contributed by atoms with van der Waals surface area (Å²) in [4.78, 5) is 0. The van der Waals surface area contributed by atoms with Crippen LogP contribution in [-0.4, -0.2) is 41.6 Å². The highest BCUT2D eigenvalue weighted by Crippen LogP contribution is 2.38. The Morgan fingerprint density at radius 3 is 0.939 bits per heavy atom. The van der Waals surface area contributed by atoms with E-state index in [0.29, 0.717) is 33.0 Å². The van der Waals surface area contributed by atoms with E-state index >= 15 is 0 Å². The highest BCUT2D eigenvalue weighted by molar-refractivity contribution is 14.1. The van der Waals surface area contributed by atoms with Gasteiger partial charge in [-0.15, -0.1) is 0 Å². The van der Waals surface area contributed by atoms with E-state index in [-0.39, 0.29) is 16.1 Å². The van der Waals surface area contributed by atoms with Crippen LogP contribution in [0.3, 0.4) is 0 Å². The molecule has 0 N–H and O–H groups in total. The first-order valence-corrected chi connectivity index (χ1v) is 17.9. The Morgan fingerprint density at radius 2 is 0.633 bits per heavy atom. The van der Waals surface area contributed by atoms with Crippen molar-refractivity contribution in [3.8, 4) is 5.75 Å². The summed E-state index contributed by atoms with van der Waals surface area (Å²) in [5.74, 6) is 0.805. The lowest BCUT2D eigenvalue weighted by Gasteiger charge is -2.48. The van der Waals surface area contributed by atoms with Crippen molar-refractivity contribution in [3.63, 3.8) is 0 Å². The third kappa shape index (κ3) is 10.0. The number of alkyl halides is 1. The van der Waals surface area contributed by atoms with E-state index in [1.165, 1.54) is 0 Å². The molecule has 1 saturated carbocycles. The number of rotatable bonds is 16. The molecule has 0 spiro atoms. The van der Waals surface area contributed by atoms with Crippen molar-refractivity contribution in [1.29, 1.82) is 0 Å². The zero-order chi connectivity index (χ0) is 33.7. The number of benzene rings is 5. The maximum Gasteiger partial charge on any atom is 0.118 e. The molecule has 1 aliphatic rings. The van der Waals surface area contributed by atoms with Gasteiger partial charge in [-0.25, -0.2) is 0 Å². The molecule has 6 nitrogen and oxygen atoms in total. The van der Waals surface area contributed by atoms with Crippen molar-refractivity contribution >= 4 is 22.6 Å². The molecule has 254 valence electrons. The first kappa shape index (κ1) is 35.3. The van der Waals surface area contributed by atoms with Gasteiger partial charge >= 0.3 is 0 Å². The third-order valence-corrected chi connectivity index (χ3v) is 10.1. The van der Waals surface area contributed by atoms with Gasteiger partial charge in [0.1, 0.15) is 36.3 Å². The monoisotopic (exact) mass is 770 g/mol. The lowest BCUT2D eigenvalue weighted by Crippen LogP contribution is -2.65. The highest BCUT2D eigenvalue weighted by Gasteiger charge is 2.53. The predicted octanol–water partition coefficient (Wildman–Crippen LogP) is 8.74. The van der Waals surface area contributed by atoms with Gasteiger partial charge in [-0.3, -0.25) is 0 Å². The van der Waals surface area contributed by atoms with Crippen molar-refractivity contribution in [1.82, 2.24) is 0 Å². The fourth-order valence-corrected chi connectivity index (χ4v) is 7.27. The summed E-state index contributed by atoms with van der Waals surface area (Å²) in [5, 5.41) is 0. The fraction of sp³-hybridized carbons (Fsp3) is 0.286. The van der Waals surface area contributed by atoms with E-state index in [1.54, 1.807) is 7.11 Å².